The molecule has 0 aliphatic heterocycles. The molecule has 0 aliphatic carbocycles. The molecule has 0 fully saturated rings. The Hall–Kier alpha value is -1.69. The second kappa shape index (κ2) is 5.83. The lowest BCUT2D eigenvalue weighted by Crippen LogP contribution is -2.38. The highest BCUT2D eigenvalue weighted by atomic mass is 79.9. The Bertz CT molecular complexity index is 843. The van der Waals surface area contributed by atoms with E-state index in [1.807, 2.05) is 30.3 Å². The van der Waals surface area contributed by atoms with E-state index in [2.05, 4.69) is 15.9 Å². The molecule has 0 spiro atoms. The Morgan fingerprint density at radius 1 is 1.14 bits per heavy atom. The fourth-order valence-corrected chi connectivity index (χ4v) is 4.10. The molecule has 1 atom stereocenters. The molecule has 22 heavy (non-hydrogen) atoms. The minimum Gasteiger partial charge on any atom is -0.466 e. The number of aliphatic hydroxyl groups is 1. The van der Waals surface area contributed by atoms with Crippen LogP contribution in [0, 0.1) is 0 Å². The van der Waals surface area contributed by atoms with Crippen LogP contribution in [0.4, 0.5) is 0 Å². The number of halogens is 1. The number of ether oxygens (including phenoxy) is 1. The van der Waals surface area contributed by atoms with Crippen molar-refractivity contribution in [1.29, 1.82) is 0 Å². The van der Waals surface area contributed by atoms with Gasteiger partial charge in [0, 0.05) is 20.3 Å². The summed E-state index contributed by atoms with van der Waals surface area (Å²) in [6.07, 6.45) is 0. The van der Waals surface area contributed by atoms with E-state index in [1.54, 1.807) is 23.6 Å². The van der Waals surface area contributed by atoms with Crippen LogP contribution in [0.15, 0.2) is 58.4 Å². The summed E-state index contributed by atoms with van der Waals surface area (Å²) >= 11 is 4.90. The van der Waals surface area contributed by atoms with Crippen LogP contribution >= 0.6 is 27.3 Å². The van der Waals surface area contributed by atoms with Crippen molar-refractivity contribution >= 4 is 43.3 Å². The molecule has 0 saturated carbocycles. The standard InChI is InChI=1S/C17H13BrO3S/c1-21-16(19)17(20,12-7-3-4-8-14(12)18)13-10-22-15-9-5-2-6-11(13)15/h2-10,20H,1H3. The van der Waals surface area contributed by atoms with Crippen LogP contribution < -0.4 is 0 Å². The van der Waals surface area contributed by atoms with Gasteiger partial charge >= 0.3 is 5.97 Å². The third-order valence-corrected chi connectivity index (χ3v) is 5.27. The molecule has 1 unspecified atom stereocenters. The zero-order valence-electron chi connectivity index (χ0n) is 11.7. The quantitative estimate of drug-likeness (QED) is 0.700. The Morgan fingerprint density at radius 3 is 2.55 bits per heavy atom. The first kappa shape index (κ1) is 15.2. The van der Waals surface area contributed by atoms with E-state index < -0.39 is 11.6 Å². The van der Waals surface area contributed by atoms with E-state index in [0.717, 1.165) is 10.1 Å². The first-order valence-electron chi connectivity index (χ1n) is 6.61. The second-order valence-electron chi connectivity index (χ2n) is 4.83. The molecule has 1 N–H and O–H groups in total. The van der Waals surface area contributed by atoms with Crippen LogP contribution in [0.2, 0.25) is 0 Å². The minimum absolute atomic E-state index is 0.463. The second-order valence-corrected chi connectivity index (χ2v) is 6.59. The van der Waals surface area contributed by atoms with Gasteiger partial charge in [-0.05, 0) is 22.9 Å². The Labute approximate surface area is 140 Å². The molecule has 5 heteroatoms. The van der Waals surface area contributed by atoms with Gasteiger partial charge in [-0.15, -0.1) is 11.3 Å². The molecular formula is C17H13BrO3S. The van der Waals surface area contributed by atoms with Crippen LogP contribution in [0.25, 0.3) is 10.1 Å². The number of methoxy groups -OCH3 is 1. The average molecular weight is 377 g/mol. The Balaban J connectivity index is 2.32. The highest BCUT2D eigenvalue weighted by Crippen LogP contribution is 2.41. The first-order valence-corrected chi connectivity index (χ1v) is 8.28. The van der Waals surface area contributed by atoms with Crippen LogP contribution in [0.1, 0.15) is 11.1 Å². The van der Waals surface area contributed by atoms with Crippen molar-refractivity contribution in [3.05, 3.63) is 69.5 Å². The summed E-state index contributed by atoms with van der Waals surface area (Å²) in [7, 11) is 1.28. The molecule has 1 aromatic heterocycles. The average Bonchev–Trinajstić information content (AvgIpc) is 2.98. The monoisotopic (exact) mass is 376 g/mol. The van der Waals surface area contributed by atoms with E-state index in [0.29, 0.717) is 15.6 Å². The number of carbonyl (C=O) groups excluding carboxylic acids is 1. The molecule has 112 valence electrons. The molecular weight excluding hydrogens is 364 g/mol. The molecule has 0 bridgehead atoms. The van der Waals surface area contributed by atoms with E-state index >= 15 is 0 Å². The number of hydrogen-bond donors (Lipinski definition) is 1. The summed E-state index contributed by atoms with van der Waals surface area (Å²) in [6, 6.07) is 14.8. The Kier molecular flexibility index (Phi) is 4.04. The van der Waals surface area contributed by atoms with Gasteiger partial charge in [0.2, 0.25) is 5.60 Å². The number of hydrogen-bond acceptors (Lipinski definition) is 4. The number of benzene rings is 2. The van der Waals surface area contributed by atoms with Crippen molar-refractivity contribution in [3.63, 3.8) is 0 Å². The number of rotatable bonds is 3. The van der Waals surface area contributed by atoms with Crippen LogP contribution in [0.3, 0.4) is 0 Å². The van der Waals surface area contributed by atoms with Crippen molar-refractivity contribution in [2.24, 2.45) is 0 Å². The van der Waals surface area contributed by atoms with Gasteiger partial charge in [-0.1, -0.05) is 52.3 Å². The van der Waals surface area contributed by atoms with Crippen LogP contribution in [0.5, 0.6) is 0 Å². The van der Waals surface area contributed by atoms with Gasteiger partial charge in [-0.25, -0.2) is 4.79 Å². The fourth-order valence-electron chi connectivity index (χ4n) is 2.53. The summed E-state index contributed by atoms with van der Waals surface area (Å²) in [4.78, 5) is 12.4. The molecule has 3 nitrogen and oxygen atoms in total. The normalized spacial score (nSPS) is 13.8. The van der Waals surface area contributed by atoms with Gasteiger partial charge in [0.25, 0.3) is 0 Å². The van der Waals surface area contributed by atoms with Crippen molar-refractivity contribution in [1.82, 2.24) is 0 Å². The van der Waals surface area contributed by atoms with Crippen LogP contribution in [-0.4, -0.2) is 18.2 Å². The van der Waals surface area contributed by atoms with Crippen LogP contribution in [-0.2, 0) is 15.1 Å². The highest BCUT2D eigenvalue weighted by molar-refractivity contribution is 9.10. The fraction of sp³-hybridized carbons (Fsp3) is 0.118. The van der Waals surface area contributed by atoms with Gasteiger partial charge in [0.15, 0.2) is 0 Å². The molecule has 0 aliphatic rings. The van der Waals surface area contributed by atoms with E-state index in [9.17, 15) is 9.90 Å². The predicted molar refractivity (Wildman–Crippen MR) is 91.0 cm³/mol. The summed E-state index contributed by atoms with van der Waals surface area (Å²) in [5.74, 6) is -0.706. The van der Waals surface area contributed by atoms with E-state index in [1.165, 1.54) is 18.4 Å². The van der Waals surface area contributed by atoms with Gasteiger partial charge < -0.3 is 9.84 Å². The maximum absolute atomic E-state index is 12.4. The van der Waals surface area contributed by atoms with E-state index in [4.69, 9.17) is 4.74 Å². The molecule has 0 saturated heterocycles. The zero-order valence-corrected chi connectivity index (χ0v) is 14.1. The third kappa shape index (κ3) is 2.26. The largest absolute Gasteiger partial charge is 0.466 e. The number of carbonyl (C=O) groups is 1. The molecule has 3 rings (SSSR count). The van der Waals surface area contributed by atoms with Gasteiger partial charge in [-0.2, -0.15) is 0 Å². The first-order chi connectivity index (χ1) is 10.6. The maximum Gasteiger partial charge on any atom is 0.347 e. The molecule has 2 aromatic carbocycles. The van der Waals surface area contributed by atoms with E-state index in [-0.39, 0.29) is 0 Å². The van der Waals surface area contributed by atoms with Crippen molar-refractivity contribution in [2.45, 2.75) is 5.60 Å². The van der Waals surface area contributed by atoms with Gasteiger partial charge in [-0.3, -0.25) is 0 Å². The molecule has 0 radical (unpaired) electrons. The number of thiophene rings is 1. The lowest BCUT2D eigenvalue weighted by molar-refractivity contribution is -0.158. The molecule has 0 amide bonds. The van der Waals surface area contributed by atoms with Crippen molar-refractivity contribution < 1.29 is 14.6 Å². The minimum atomic E-state index is -1.85. The SMILES string of the molecule is COC(=O)C(O)(c1ccccc1Br)c1csc2ccccc12. The van der Waals surface area contributed by atoms with Crippen molar-refractivity contribution in [2.75, 3.05) is 7.11 Å². The smallest absolute Gasteiger partial charge is 0.347 e. The zero-order chi connectivity index (χ0) is 15.7. The van der Waals surface area contributed by atoms with Gasteiger partial charge in [0.05, 0.1) is 7.11 Å². The molecule has 3 aromatic rings. The summed E-state index contributed by atoms with van der Waals surface area (Å²) in [6.45, 7) is 0. The Morgan fingerprint density at radius 2 is 1.82 bits per heavy atom. The number of esters is 1. The third-order valence-electron chi connectivity index (χ3n) is 3.62. The summed E-state index contributed by atoms with van der Waals surface area (Å²) < 4.78 is 6.55. The molecule has 1 heterocycles. The predicted octanol–water partition coefficient (Wildman–Crippen LogP) is 4.07. The maximum atomic E-state index is 12.4. The van der Waals surface area contributed by atoms with Gasteiger partial charge in [0.1, 0.15) is 0 Å². The highest BCUT2D eigenvalue weighted by Gasteiger charge is 2.44. The lowest BCUT2D eigenvalue weighted by atomic mass is 9.86. The van der Waals surface area contributed by atoms with Crippen molar-refractivity contribution in [3.8, 4) is 0 Å². The summed E-state index contributed by atoms with van der Waals surface area (Å²) in [5.41, 5.74) is -0.855. The number of fused-ring (bicyclic) bond motifs is 1. The lowest BCUT2D eigenvalue weighted by Gasteiger charge is -2.26. The summed E-state index contributed by atoms with van der Waals surface area (Å²) in [5, 5.41) is 13.9. The topological polar surface area (TPSA) is 46.5 Å².